The minimum atomic E-state index is -0.0109. The van der Waals surface area contributed by atoms with E-state index >= 15 is 0 Å². The lowest BCUT2D eigenvalue weighted by Crippen LogP contribution is -2.20. The van der Waals surface area contributed by atoms with Crippen LogP contribution in [0, 0.1) is 0 Å². The molecular formula is C13H20N2O3. The van der Waals surface area contributed by atoms with Gasteiger partial charge in [0.15, 0.2) is 0 Å². The highest BCUT2D eigenvalue weighted by Crippen LogP contribution is 2.15. The highest BCUT2D eigenvalue weighted by atomic mass is 16.5. The predicted molar refractivity (Wildman–Crippen MR) is 70.8 cm³/mol. The van der Waals surface area contributed by atoms with Crippen molar-refractivity contribution in [3.8, 4) is 5.75 Å². The molecule has 0 fully saturated rings. The fourth-order valence-electron chi connectivity index (χ4n) is 1.35. The van der Waals surface area contributed by atoms with Gasteiger partial charge in [0.25, 0.3) is 0 Å². The van der Waals surface area contributed by atoms with Crippen LogP contribution in [0.3, 0.4) is 0 Å². The molecule has 0 bridgehead atoms. The molecule has 0 saturated heterocycles. The molecule has 100 valence electrons. The topological polar surface area (TPSA) is 61.8 Å². The molecule has 0 spiro atoms. The van der Waals surface area contributed by atoms with Crippen molar-refractivity contribution >= 4 is 11.6 Å². The van der Waals surface area contributed by atoms with Crippen molar-refractivity contribution in [1.82, 2.24) is 4.90 Å². The monoisotopic (exact) mass is 252 g/mol. The van der Waals surface area contributed by atoms with Gasteiger partial charge < -0.3 is 20.1 Å². The van der Waals surface area contributed by atoms with Gasteiger partial charge in [0.2, 0.25) is 5.91 Å². The van der Waals surface area contributed by atoms with Gasteiger partial charge >= 0.3 is 0 Å². The van der Waals surface area contributed by atoms with E-state index in [2.05, 4.69) is 5.32 Å². The van der Waals surface area contributed by atoms with Gasteiger partial charge in [0.1, 0.15) is 12.4 Å². The van der Waals surface area contributed by atoms with Gasteiger partial charge in [-0.3, -0.25) is 4.79 Å². The van der Waals surface area contributed by atoms with Gasteiger partial charge in [-0.15, -0.1) is 0 Å². The number of benzene rings is 1. The number of anilines is 1. The smallest absolute Gasteiger partial charge is 0.225 e. The molecule has 0 aliphatic heterocycles. The summed E-state index contributed by atoms with van der Waals surface area (Å²) in [6, 6.07) is 7.08. The molecule has 1 amide bonds. The molecule has 1 aromatic rings. The van der Waals surface area contributed by atoms with Crippen LogP contribution in [0.4, 0.5) is 5.69 Å². The normalized spacial score (nSPS) is 10.4. The third-order valence-corrected chi connectivity index (χ3v) is 2.28. The molecule has 2 N–H and O–H groups in total. The maximum Gasteiger partial charge on any atom is 0.225 e. The Hall–Kier alpha value is -1.59. The first-order chi connectivity index (χ1) is 8.61. The zero-order valence-electron chi connectivity index (χ0n) is 10.8. The molecule has 0 aliphatic carbocycles. The SMILES string of the molecule is CN(C)CCC(=O)Nc1ccc(OCCO)cc1. The zero-order chi connectivity index (χ0) is 13.4. The number of hydrogen-bond acceptors (Lipinski definition) is 4. The van der Waals surface area contributed by atoms with Crippen molar-refractivity contribution in [3.05, 3.63) is 24.3 Å². The summed E-state index contributed by atoms with van der Waals surface area (Å²) in [5, 5.41) is 11.4. The molecule has 0 unspecified atom stereocenters. The van der Waals surface area contributed by atoms with Crippen LogP contribution >= 0.6 is 0 Å². The summed E-state index contributed by atoms with van der Waals surface area (Å²) in [6.45, 7) is 0.987. The Morgan fingerprint density at radius 3 is 2.56 bits per heavy atom. The van der Waals surface area contributed by atoms with Crippen LogP contribution in [-0.4, -0.2) is 49.8 Å². The molecule has 0 saturated carbocycles. The van der Waals surface area contributed by atoms with Crippen LogP contribution in [-0.2, 0) is 4.79 Å². The molecule has 1 rings (SSSR count). The van der Waals surface area contributed by atoms with E-state index in [-0.39, 0.29) is 19.1 Å². The second-order valence-corrected chi connectivity index (χ2v) is 4.20. The second-order valence-electron chi connectivity index (χ2n) is 4.20. The maximum atomic E-state index is 11.6. The fraction of sp³-hybridized carbons (Fsp3) is 0.462. The van der Waals surface area contributed by atoms with E-state index in [1.807, 2.05) is 19.0 Å². The number of nitrogens with zero attached hydrogens (tertiary/aromatic N) is 1. The molecule has 0 radical (unpaired) electrons. The Morgan fingerprint density at radius 1 is 1.33 bits per heavy atom. The molecule has 0 atom stereocenters. The molecule has 0 heterocycles. The molecule has 0 aliphatic rings. The largest absolute Gasteiger partial charge is 0.491 e. The third kappa shape index (κ3) is 5.65. The van der Waals surface area contributed by atoms with Gasteiger partial charge in [0.05, 0.1) is 6.61 Å². The second kappa shape index (κ2) is 7.68. The summed E-state index contributed by atoms with van der Waals surface area (Å²) < 4.78 is 5.22. The Bertz CT molecular complexity index is 363. The predicted octanol–water partition coefficient (Wildman–Crippen LogP) is 0.948. The van der Waals surface area contributed by atoms with Gasteiger partial charge in [-0.25, -0.2) is 0 Å². The summed E-state index contributed by atoms with van der Waals surface area (Å²) in [5.74, 6) is 0.670. The number of hydrogen-bond donors (Lipinski definition) is 2. The average molecular weight is 252 g/mol. The minimum absolute atomic E-state index is 0.00673. The highest BCUT2D eigenvalue weighted by molar-refractivity contribution is 5.90. The lowest BCUT2D eigenvalue weighted by atomic mass is 10.3. The van der Waals surface area contributed by atoms with E-state index in [0.29, 0.717) is 12.2 Å². The third-order valence-electron chi connectivity index (χ3n) is 2.28. The van der Waals surface area contributed by atoms with Crippen molar-refractivity contribution in [2.24, 2.45) is 0 Å². The molecule has 18 heavy (non-hydrogen) atoms. The van der Waals surface area contributed by atoms with Gasteiger partial charge in [-0.1, -0.05) is 0 Å². The van der Waals surface area contributed by atoms with E-state index in [1.165, 1.54) is 0 Å². The maximum absolute atomic E-state index is 11.6. The zero-order valence-corrected chi connectivity index (χ0v) is 10.8. The summed E-state index contributed by atoms with van der Waals surface area (Å²) in [5.41, 5.74) is 0.745. The summed E-state index contributed by atoms with van der Waals surface area (Å²) in [7, 11) is 3.86. The summed E-state index contributed by atoms with van der Waals surface area (Å²) >= 11 is 0. The Balaban J connectivity index is 2.40. The average Bonchev–Trinajstić information content (AvgIpc) is 2.35. The number of ether oxygens (including phenoxy) is 1. The van der Waals surface area contributed by atoms with Crippen LogP contribution in [0.15, 0.2) is 24.3 Å². The molecule has 0 aromatic heterocycles. The first kappa shape index (κ1) is 14.5. The van der Waals surface area contributed by atoms with Crippen LogP contribution < -0.4 is 10.1 Å². The Labute approximate surface area is 107 Å². The van der Waals surface area contributed by atoms with E-state index in [4.69, 9.17) is 9.84 Å². The van der Waals surface area contributed by atoms with E-state index in [9.17, 15) is 4.79 Å². The Kier molecular flexibility index (Phi) is 6.18. The molecular weight excluding hydrogens is 232 g/mol. The van der Waals surface area contributed by atoms with Gasteiger partial charge in [-0.05, 0) is 38.4 Å². The van der Waals surface area contributed by atoms with Crippen molar-refractivity contribution in [1.29, 1.82) is 0 Å². The van der Waals surface area contributed by atoms with Crippen LogP contribution in [0.2, 0.25) is 0 Å². The van der Waals surface area contributed by atoms with Crippen LogP contribution in [0.5, 0.6) is 5.75 Å². The van der Waals surface area contributed by atoms with Crippen molar-refractivity contribution in [2.75, 3.05) is 39.2 Å². The summed E-state index contributed by atoms with van der Waals surface area (Å²) in [6.07, 6.45) is 0.468. The lowest BCUT2D eigenvalue weighted by molar-refractivity contribution is -0.116. The molecule has 5 nitrogen and oxygen atoms in total. The number of aliphatic hydroxyl groups is 1. The van der Waals surface area contributed by atoms with E-state index < -0.39 is 0 Å². The lowest BCUT2D eigenvalue weighted by Gasteiger charge is -2.10. The number of nitrogens with one attached hydrogen (secondary N) is 1. The first-order valence-electron chi connectivity index (χ1n) is 5.90. The number of rotatable bonds is 7. The first-order valence-corrected chi connectivity index (χ1v) is 5.90. The number of carbonyl (C=O) groups is 1. The fourth-order valence-corrected chi connectivity index (χ4v) is 1.35. The quantitative estimate of drug-likeness (QED) is 0.758. The van der Waals surface area contributed by atoms with Crippen molar-refractivity contribution in [2.45, 2.75) is 6.42 Å². The number of carbonyl (C=O) groups excluding carboxylic acids is 1. The van der Waals surface area contributed by atoms with Crippen LogP contribution in [0.1, 0.15) is 6.42 Å². The van der Waals surface area contributed by atoms with Crippen molar-refractivity contribution in [3.63, 3.8) is 0 Å². The minimum Gasteiger partial charge on any atom is -0.491 e. The van der Waals surface area contributed by atoms with E-state index in [1.54, 1.807) is 24.3 Å². The highest BCUT2D eigenvalue weighted by Gasteiger charge is 2.03. The number of aliphatic hydroxyl groups excluding tert-OH is 1. The molecule has 5 heteroatoms. The van der Waals surface area contributed by atoms with Gasteiger partial charge in [-0.2, -0.15) is 0 Å². The van der Waals surface area contributed by atoms with Crippen molar-refractivity contribution < 1.29 is 14.6 Å². The van der Waals surface area contributed by atoms with Crippen LogP contribution in [0.25, 0.3) is 0 Å². The summed E-state index contributed by atoms with van der Waals surface area (Å²) in [4.78, 5) is 13.5. The Morgan fingerprint density at radius 2 is 2.00 bits per heavy atom. The number of amides is 1. The standard InChI is InChI=1S/C13H20N2O3/c1-15(2)8-7-13(17)14-11-3-5-12(6-4-11)18-10-9-16/h3-6,16H,7-10H2,1-2H3,(H,14,17). The van der Waals surface area contributed by atoms with E-state index in [0.717, 1.165) is 12.2 Å². The van der Waals surface area contributed by atoms with Gasteiger partial charge in [0, 0.05) is 18.7 Å². The molecule has 1 aromatic carbocycles.